The summed E-state index contributed by atoms with van der Waals surface area (Å²) in [6, 6.07) is 16.9. The van der Waals surface area contributed by atoms with Crippen LogP contribution >= 0.6 is 11.6 Å². The molecule has 0 bridgehead atoms. The number of morpholine rings is 1. The van der Waals surface area contributed by atoms with Crippen molar-refractivity contribution in [3.05, 3.63) is 64.7 Å². The summed E-state index contributed by atoms with van der Waals surface area (Å²) in [4.78, 5) is 17.1. The molecule has 2 aromatic carbocycles. The minimum Gasteiger partial charge on any atom is -0.371 e. The zero-order valence-electron chi connectivity index (χ0n) is 14.8. The average Bonchev–Trinajstić information content (AvgIpc) is 3.10. The maximum absolute atomic E-state index is 13.0. The smallest absolute Gasteiger partial charge is 0.244 e. The van der Waals surface area contributed by atoms with Crippen LogP contribution in [0.4, 0.5) is 5.69 Å². The Morgan fingerprint density at radius 2 is 1.81 bits per heavy atom. The number of anilines is 1. The monoisotopic (exact) mass is 381 g/mol. The first-order valence-electron chi connectivity index (χ1n) is 9.08. The van der Waals surface area contributed by atoms with Crippen LogP contribution in [0.25, 0.3) is 0 Å². The van der Waals surface area contributed by atoms with Crippen LogP contribution in [0.5, 0.6) is 0 Å². The molecule has 5 nitrogen and oxygen atoms in total. The lowest BCUT2D eigenvalue weighted by Gasteiger charge is -2.36. The summed E-state index contributed by atoms with van der Waals surface area (Å²) in [5.74, 6) is 0.122. The Morgan fingerprint density at radius 3 is 2.52 bits per heavy atom. The van der Waals surface area contributed by atoms with E-state index in [-0.39, 0.29) is 18.1 Å². The van der Waals surface area contributed by atoms with Gasteiger partial charge in [0.15, 0.2) is 0 Å². The van der Waals surface area contributed by atoms with E-state index >= 15 is 0 Å². The predicted molar refractivity (Wildman–Crippen MR) is 104 cm³/mol. The van der Waals surface area contributed by atoms with Crippen LogP contribution in [0.1, 0.15) is 23.7 Å². The highest BCUT2D eigenvalue weighted by Crippen LogP contribution is 2.29. The van der Waals surface area contributed by atoms with Crippen LogP contribution in [0.3, 0.4) is 0 Å². The van der Waals surface area contributed by atoms with Gasteiger partial charge in [-0.3, -0.25) is 9.69 Å². The van der Waals surface area contributed by atoms with Crippen LogP contribution < -0.4 is 4.90 Å². The first-order valence-corrected chi connectivity index (χ1v) is 9.46. The molecule has 0 aliphatic carbocycles. The number of amides is 1. The predicted octanol–water partition coefficient (Wildman–Crippen LogP) is 3.39. The summed E-state index contributed by atoms with van der Waals surface area (Å²) in [5.41, 5.74) is 2.53. The molecular formula is C21H20ClN3O2. The highest BCUT2D eigenvalue weighted by Gasteiger charge is 2.38. The van der Waals surface area contributed by atoms with Crippen molar-refractivity contribution >= 4 is 23.2 Å². The summed E-state index contributed by atoms with van der Waals surface area (Å²) in [5, 5.41) is 9.64. The topological polar surface area (TPSA) is 56.6 Å². The number of rotatable bonds is 3. The summed E-state index contributed by atoms with van der Waals surface area (Å²) in [6.45, 7) is 2.74. The van der Waals surface area contributed by atoms with Crippen molar-refractivity contribution < 1.29 is 9.53 Å². The fourth-order valence-electron chi connectivity index (χ4n) is 3.81. The molecule has 2 saturated heterocycles. The van der Waals surface area contributed by atoms with Gasteiger partial charge < -0.3 is 9.64 Å². The number of halogens is 1. The number of benzene rings is 2. The minimum atomic E-state index is -0.126. The van der Waals surface area contributed by atoms with Crippen molar-refractivity contribution in [1.82, 2.24) is 4.90 Å². The molecule has 138 valence electrons. The van der Waals surface area contributed by atoms with Crippen LogP contribution in [0, 0.1) is 11.3 Å². The van der Waals surface area contributed by atoms with Crippen LogP contribution in [-0.4, -0.2) is 43.1 Å². The normalized spacial score (nSPS) is 23.4. The van der Waals surface area contributed by atoms with Crippen LogP contribution in [0.2, 0.25) is 5.02 Å². The largest absolute Gasteiger partial charge is 0.371 e. The van der Waals surface area contributed by atoms with Crippen molar-refractivity contribution in [3.63, 3.8) is 0 Å². The molecule has 4 rings (SSSR count). The average molecular weight is 382 g/mol. The molecular weight excluding hydrogens is 362 g/mol. The number of ether oxygens (including phenoxy) is 1. The van der Waals surface area contributed by atoms with Gasteiger partial charge >= 0.3 is 0 Å². The molecule has 0 aromatic heterocycles. The fourth-order valence-corrected chi connectivity index (χ4v) is 3.93. The lowest BCUT2D eigenvalue weighted by atomic mass is 10.1. The molecule has 0 spiro atoms. The zero-order valence-corrected chi connectivity index (χ0v) is 15.6. The van der Waals surface area contributed by atoms with Gasteiger partial charge in [0.25, 0.3) is 0 Å². The third-order valence-corrected chi connectivity index (χ3v) is 5.52. The molecule has 2 aliphatic rings. The van der Waals surface area contributed by atoms with E-state index < -0.39 is 0 Å². The standard InChI is InChI=1S/C21H20ClN3O2/c22-17-5-3-16(4-6-17)20-14-24(11-12-27-20)19-9-10-25(21(19)26)18-7-1-15(13-23)2-8-18/h1-8,19-20H,9-12,14H2. The van der Waals surface area contributed by atoms with E-state index in [0.717, 1.165) is 24.2 Å². The van der Waals surface area contributed by atoms with Gasteiger partial charge in [0.2, 0.25) is 5.91 Å². The van der Waals surface area contributed by atoms with E-state index in [9.17, 15) is 4.79 Å². The van der Waals surface area contributed by atoms with Crippen molar-refractivity contribution in [2.45, 2.75) is 18.6 Å². The minimum absolute atomic E-state index is 0.0484. The third kappa shape index (κ3) is 3.70. The van der Waals surface area contributed by atoms with Crippen molar-refractivity contribution in [2.24, 2.45) is 0 Å². The van der Waals surface area contributed by atoms with E-state index in [1.165, 1.54) is 0 Å². The second-order valence-electron chi connectivity index (χ2n) is 6.86. The molecule has 2 aliphatic heterocycles. The second-order valence-corrected chi connectivity index (χ2v) is 7.30. The first kappa shape index (κ1) is 18.0. The van der Waals surface area contributed by atoms with E-state index in [1.54, 1.807) is 12.1 Å². The molecule has 2 heterocycles. The Hall–Kier alpha value is -2.39. The highest BCUT2D eigenvalue weighted by atomic mass is 35.5. The molecule has 2 fully saturated rings. The second kappa shape index (κ2) is 7.69. The van der Waals surface area contributed by atoms with E-state index in [0.29, 0.717) is 30.3 Å². The number of nitriles is 1. The van der Waals surface area contributed by atoms with E-state index in [2.05, 4.69) is 11.0 Å². The molecule has 0 N–H and O–H groups in total. The van der Waals surface area contributed by atoms with Crippen molar-refractivity contribution in [3.8, 4) is 6.07 Å². The molecule has 6 heteroatoms. The maximum Gasteiger partial charge on any atom is 0.244 e. The van der Waals surface area contributed by atoms with Crippen LogP contribution in [0.15, 0.2) is 48.5 Å². The summed E-state index contributed by atoms with van der Waals surface area (Å²) >= 11 is 5.98. The lowest BCUT2D eigenvalue weighted by Crippen LogP contribution is -2.48. The summed E-state index contributed by atoms with van der Waals surface area (Å²) < 4.78 is 5.93. The number of hydrogen-bond acceptors (Lipinski definition) is 4. The number of nitrogens with zero attached hydrogens (tertiary/aromatic N) is 3. The van der Waals surface area contributed by atoms with Gasteiger partial charge in [-0.1, -0.05) is 23.7 Å². The van der Waals surface area contributed by atoms with Gasteiger partial charge in [0.1, 0.15) is 0 Å². The van der Waals surface area contributed by atoms with Crippen molar-refractivity contribution in [2.75, 3.05) is 31.1 Å². The quantitative estimate of drug-likeness (QED) is 0.817. The van der Waals surface area contributed by atoms with E-state index in [4.69, 9.17) is 21.6 Å². The Kier molecular flexibility index (Phi) is 5.13. The molecule has 1 amide bonds. The molecule has 2 aromatic rings. The van der Waals surface area contributed by atoms with Crippen molar-refractivity contribution in [1.29, 1.82) is 5.26 Å². The Bertz CT molecular complexity index is 860. The lowest BCUT2D eigenvalue weighted by molar-refractivity contribution is -0.125. The van der Waals surface area contributed by atoms with Gasteiger partial charge in [-0.2, -0.15) is 5.26 Å². The fraction of sp³-hybridized carbons (Fsp3) is 0.333. The highest BCUT2D eigenvalue weighted by molar-refractivity contribution is 6.30. The van der Waals surface area contributed by atoms with Gasteiger partial charge in [0.05, 0.1) is 30.4 Å². The Morgan fingerprint density at radius 1 is 1.07 bits per heavy atom. The maximum atomic E-state index is 13.0. The third-order valence-electron chi connectivity index (χ3n) is 5.27. The van der Waals surface area contributed by atoms with Gasteiger partial charge in [-0.25, -0.2) is 0 Å². The van der Waals surface area contributed by atoms with Gasteiger partial charge in [-0.15, -0.1) is 0 Å². The van der Waals surface area contributed by atoms with Gasteiger partial charge in [0, 0.05) is 30.3 Å². The number of carbonyl (C=O) groups excluding carboxylic acids is 1. The molecule has 2 atom stereocenters. The number of carbonyl (C=O) groups is 1. The Balaban J connectivity index is 1.46. The van der Waals surface area contributed by atoms with E-state index in [1.807, 2.05) is 41.3 Å². The molecule has 0 radical (unpaired) electrons. The first-order chi connectivity index (χ1) is 13.2. The molecule has 2 unspecified atom stereocenters. The number of hydrogen-bond donors (Lipinski definition) is 0. The Labute approximate surface area is 163 Å². The van der Waals surface area contributed by atoms with Gasteiger partial charge in [-0.05, 0) is 48.4 Å². The SMILES string of the molecule is N#Cc1ccc(N2CCC(N3CCOC(c4ccc(Cl)cc4)C3)C2=O)cc1. The summed E-state index contributed by atoms with van der Waals surface area (Å²) in [7, 11) is 0. The van der Waals surface area contributed by atoms with Crippen LogP contribution in [-0.2, 0) is 9.53 Å². The summed E-state index contributed by atoms with van der Waals surface area (Å²) in [6.07, 6.45) is 0.749. The molecule has 0 saturated carbocycles. The molecule has 27 heavy (non-hydrogen) atoms. The zero-order chi connectivity index (χ0) is 18.8.